The molecule has 0 heterocycles. The minimum atomic E-state index is -0.904. The molecule has 2 rings (SSSR count). The average molecular weight is 241 g/mol. The van der Waals surface area contributed by atoms with Gasteiger partial charge in [-0.05, 0) is 41.8 Å². The standard InChI is InChI=1S/C15H15NO2/c16-9-8-11-2-1-3-14(10-11)12-4-6-13(7-5-12)15(17)18/h1-7,10H,8-9,16H2,(H,17,18). The highest BCUT2D eigenvalue weighted by molar-refractivity contribution is 5.88. The second-order valence-corrected chi connectivity index (χ2v) is 4.12. The molecule has 0 aliphatic heterocycles. The molecule has 3 heteroatoms. The molecule has 0 fully saturated rings. The molecule has 92 valence electrons. The third kappa shape index (κ3) is 2.76. The van der Waals surface area contributed by atoms with Crippen LogP contribution in [0.3, 0.4) is 0 Å². The molecule has 0 bridgehead atoms. The van der Waals surface area contributed by atoms with Gasteiger partial charge < -0.3 is 10.8 Å². The Morgan fingerprint density at radius 3 is 2.39 bits per heavy atom. The Labute approximate surface area is 106 Å². The zero-order chi connectivity index (χ0) is 13.0. The predicted octanol–water partition coefficient (Wildman–Crippen LogP) is 2.55. The van der Waals surface area contributed by atoms with Crippen molar-refractivity contribution in [3.8, 4) is 11.1 Å². The summed E-state index contributed by atoms with van der Waals surface area (Å²) < 4.78 is 0. The van der Waals surface area contributed by atoms with Crippen LogP contribution in [-0.4, -0.2) is 17.6 Å². The summed E-state index contributed by atoms with van der Waals surface area (Å²) in [7, 11) is 0. The third-order valence-corrected chi connectivity index (χ3v) is 2.83. The van der Waals surface area contributed by atoms with Crippen molar-refractivity contribution < 1.29 is 9.90 Å². The number of carboxylic acids is 1. The second-order valence-electron chi connectivity index (χ2n) is 4.12. The molecule has 0 saturated carbocycles. The number of hydrogen-bond donors (Lipinski definition) is 2. The van der Waals surface area contributed by atoms with Gasteiger partial charge >= 0.3 is 5.97 Å². The van der Waals surface area contributed by atoms with Crippen LogP contribution in [0.1, 0.15) is 15.9 Å². The van der Waals surface area contributed by atoms with Crippen molar-refractivity contribution in [2.75, 3.05) is 6.54 Å². The molecule has 2 aromatic rings. The second kappa shape index (κ2) is 5.47. The zero-order valence-electron chi connectivity index (χ0n) is 9.97. The highest BCUT2D eigenvalue weighted by atomic mass is 16.4. The minimum absolute atomic E-state index is 0.303. The zero-order valence-corrected chi connectivity index (χ0v) is 9.97. The van der Waals surface area contributed by atoms with E-state index in [9.17, 15) is 4.79 Å². The lowest BCUT2D eigenvalue weighted by atomic mass is 10.0. The molecule has 0 spiro atoms. The van der Waals surface area contributed by atoms with E-state index >= 15 is 0 Å². The molecule has 0 amide bonds. The number of aromatic carboxylic acids is 1. The van der Waals surface area contributed by atoms with E-state index in [4.69, 9.17) is 10.8 Å². The average Bonchev–Trinajstić information content (AvgIpc) is 2.39. The molecule has 0 unspecified atom stereocenters. The van der Waals surface area contributed by atoms with Gasteiger partial charge in [0, 0.05) is 0 Å². The van der Waals surface area contributed by atoms with Crippen molar-refractivity contribution >= 4 is 5.97 Å². The Bertz CT molecular complexity index is 547. The third-order valence-electron chi connectivity index (χ3n) is 2.83. The molecule has 3 nitrogen and oxygen atoms in total. The lowest BCUT2D eigenvalue weighted by molar-refractivity contribution is 0.0697. The van der Waals surface area contributed by atoms with Crippen molar-refractivity contribution in [1.29, 1.82) is 0 Å². The molecule has 0 aliphatic carbocycles. The molecular formula is C15H15NO2. The van der Waals surface area contributed by atoms with Crippen molar-refractivity contribution in [3.05, 3.63) is 59.7 Å². The van der Waals surface area contributed by atoms with Gasteiger partial charge in [-0.25, -0.2) is 4.79 Å². The number of nitrogens with two attached hydrogens (primary N) is 1. The van der Waals surface area contributed by atoms with Gasteiger partial charge in [0.25, 0.3) is 0 Å². The summed E-state index contributed by atoms with van der Waals surface area (Å²) in [5, 5.41) is 8.85. The van der Waals surface area contributed by atoms with E-state index in [0.29, 0.717) is 12.1 Å². The topological polar surface area (TPSA) is 63.3 Å². The predicted molar refractivity (Wildman–Crippen MR) is 71.6 cm³/mol. The molecule has 18 heavy (non-hydrogen) atoms. The van der Waals surface area contributed by atoms with E-state index in [1.54, 1.807) is 12.1 Å². The van der Waals surface area contributed by atoms with E-state index < -0.39 is 5.97 Å². The fourth-order valence-corrected chi connectivity index (χ4v) is 1.88. The van der Waals surface area contributed by atoms with Crippen LogP contribution in [0.5, 0.6) is 0 Å². The molecule has 3 N–H and O–H groups in total. The largest absolute Gasteiger partial charge is 0.478 e. The van der Waals surface area contributed by atoms with E-state index in [0.717, 1.165) is 17.5 Å². The van der Waals surface area contributed by atoms with Crippen LogP contribution >= 0.6 is 0 Å². The van der Waals surface area contributed by atoms with Crippen LogP contribution in [0.15, 0.2) is 48.5 Å². The summed E-state index contributed by atoms with van der Waals surface area (Å²) in [6.45, 7) is 0.626. The van der Waals surface area contributed by atoms with Gasteiger partial charge in [0.1, 0.15) is 0 Å². The number of hydrogen-bond acceptors (Lipinski definition) is 2. The van der Waals surface area contributed by atoms with Crippen LogP contribution < -0.4 is 5.73 Å². The van der Waals surface area contributed by atoms with Crippen LogP contribution in [0.25, 0.3) is 11.1 Å². The summed E-state index contributed by atoms with van der Waals surface area (Å²) in [6.07, 6.45) is 0.848. The van der Waals surface area contributed by atoms with Crippen molar-refractivity contribution in [3.63, 3.8) is 0 Å². The minimum Gasteiger partial charge on any atom is -0.478 e. The Balaban J connectivity index is 2.30. The highest BCUT2D eigenvalue weighted by Crippen LogP contribution is 2.21. The van der Waals surface area contributed by atoms with E-state index in [-0.39, 0.29) is 0 Å². The molecule has 0 radical (unpaired) electrons. The maximum absolute atomic E-state index is 10.8. The van der Waals surface area contributed by atoms with Crippen LogP contribution in [0, 0.1) is 0 Å². The van der Waals surface area contributed by atoms with Crippen LogP contribution in [-0.2, 0) is 6.42 Å². The first-order valence-corrected chi connectivity index (χ1v) is 5.83. The summed E-state index contributed by atoms with van der Waals surface area (Å²) in [5.41, 5.74) is 9.13. The van der Waals surface area contributed by atoms with E-state index in [1.807, 2.05) is 30.3 Å². The van der Waals surface area contributed by atoms with Gasteiger partial charge in [-0.1, -0.05) is 36.4 Å². The maximum Gasteiger partial charge on any atom is 0.335 e. The van der Waals surface area contributed by atoms with Crippen molar-refractivity contribution in [2.24, 2.45) is 5.73 Å². The first kappa shape index (κ1) is 12.3. The molecule has 0 aromatic heterocycles. The quantitative estimate of drug-likeness (QED) is 0.864. The molecule has 2 aromatic carbocycles. The first-order chi connectivity index (χ1) is 8.70. The number of carboxylic acid groups (broad SMARTS) is 1. The number of benzene rings is 2. The number of rotatable bonds is 4. The van der Waals surface area contributed by atoms with Crippen molar-refractivity contribution in [1.82, 2.24) is 0 Å². The van der Waals surface area contributed by atoms with E-state index in [2.05, 4.69) is 6.07 Å². The fraction of sp³-hybridized carbons (Fsp3) is 0.133. The van der Waals surface area contributed by atoms with Gasteiger partial charge in [-0.3, -0.25) is 0 Å². The smallest absolute Gasteiger partial charge is 0.335 e. The summed E-state index contributed by atoms with van der Waals surface area (Å²) in [4.78, 5) is 10.8. The highest BCUT2D eigenvalue weighted by Gasteiger charge is 2.03. The molecule has 0 saturated heterocycles. The van der Waals surface area contributed by atoms with E-state index in [1.165, 1.54) is 5.56 Å². The molecule has 0 atom stereocenters. The van der Waals surface area contributed by atoms with Gasteiger partial charge in [0.05, 0.1) is 5.56 Å². The Morgan fingerprint density at radius 1 is 1.06 bits per heavy atom. The first-order valence-electron chi connectivity index (χ1n) is 5.83. The van der Waals surface area contributed by atoms with Gasteiger partial charge in [-0.15, -0.1) is 0 Å². The van der Waals surface area contributed by atoms with Crippen LogP contribution in [0.2, 0.25) is 0 Å². The van der Waals surface area contributed by atoms with Crippen LogP contribution in [0.4, 0.5) is 0 Å². The molecular weight excluding hydrogens is 226 g/mol. The normalized spacial score (nSPS) is 10.3. The monoisotopic (exact) mass is 241 g/mol. The van der Waals surface area contributed by atoms with Crippen molar-refractivity contribution in [2.45, 2.75) is 6.42 Å². The Morgan fingerprint density at radius 2 is 1.78 bits per heavy atom. The summed E-state index contributed by atoms with van der Waals surface area (Å²) in [5.74, 6) is -0.904. The maximum atomic E-state index is 10.8. The lowest BCUT2D eigenvalue weighted by Crippen LogP contribution is -2.02. The SMILES string of the molecule is NCCc1cccc(-c2ccc(C(=O)O)cc2)c1. The number of carbonyl (C=O) groups is 1. The summed E-state index contributed by atoms with van der Waals surface area (Å²) >= 11 is 0. The summed E-state index contributed by atoms with van der Waals surface area (Å²) in [6, 6.07) is 15.0. The lowest BCUT2D eigenvalue weighted by Gasteiger charge is -2.05. The fourth-order valence-electron chi connectivity index (χ4n) is 1.88. The van der Waals surface area contributed by atoms with Gasteiger partial charge in [0.2, 0.25) is 0 Å². The Hall–Kier alpha value is -2.13. The van der Waals surface area contributed by atoms with Gasteiger partial charge in [0.15, 0.2) is 0 Å². The van der Waals surface area contributed by atoms with Gasteiger partial charge in [-0.2, -0.15) is 0 Å². The Kier molecular flexibility index (Phi) is 3.75. The molecule has 0 aliphatic rings.